The lowest BCUT2D eigenvalue weighted by molar-refractivity contribution is -0.137. The van der Waals surface area contributed by atoms with Gasteiger partial charge in [-0.3, -0.25) is 4.79 Å². The van der Waals surface area contributed by atoms with Gasteiger partial charge in [-0.05, 0) is 52.9 Å². The monoisotopic (exact) mass is 335 g/mol. The van der Waals surface area contributed by atoms with Crippen molar-refractivity contribution in [3.8, 4) is 0 Å². The second-order valence-corrected chi connectivity index (χ2v) is 5.66. The standard InChI is InChI=1S/C13H13BrF3NO/c1-7(8-2-3-8)12(19)18-11-6-9(13(15,16)17)4-5-10(11)14/h4-8H,2-3H2,1H3,(H,18,19). The van der Waals surface area contributed by atoms with E-state index < -0.39 is 11.7 Å². The molecule has 0 heterocycles. The van der Waals surface area contributed by atoms with Crippen molar-refractivity contribution in [3.63, 3.8) is 0 Å². The predicted molar refractivity (Wildman–Crippen MR) is 69.7 cm³/mol. The molecule has 1 atom stereocenters. The van der Waals surface area contributed by atoms with Gasteiger partial charge in [-0.2, -0.15) is 13.2 Å². The van der Waals surface area contributed by atoms with Crippen molar-refractivity contribution in [1.29, 1.82) is 0 Å². The molecule has 1 saturated carbocycles. The molecule has 2 rings (SSSR count). The summed E-state index contributed by atoms with van der Waals surface area (Å²) in [6, 6.07) is 3.21. The number of anilines is 1. The van der Waals surface area contributed by atoms with Crippen LogP contribution in [0, 0.1) is 11.8 Å². The van der Waals surface area contributed by atoms with Crippen LogP contribution in [0.3, 0.4) is 0 Å². The lowest BCUT2D eigenvalue weighted by atomic mass is 10.1. The summed E-state index contributed by atoms with van der Waals surface area (Å²) in [6.07, 6.45) is -2.39. The van der Waals surface area contributed by atoms with E-state index >= 15 is 0 Å². The van der Waals surface area contributed by atoms with Crippen LogP contribution in [0.2, 0.25) is 0 Å². The summed E-state index contributed by atoms with van der Waals surface area (Å²) >= 11 is 3.15. The Kier molecular flexibility index (Phi) is 3.90. The van der Waals surface area contributed by atoms with E-state index in [9.17, 15) is 18.0 Å². The average Bonchev–Trinajstić information content (AvgIpc) is 3.13. The van der Waals surface area contributed by atoms with E-state index in [4.69, 9.17) is 0 Å². The Morgan fingerprint density at radius 2 is 2.05 bits per heavy atom. The zero-order valence-electron chi connectivity index (χ0n) is 10.2. The van der Waals surface area contributed by atoms with Crippen molar-refractivity contribution < 1.29 is 18.0 Å². The van der Waals surface area contributed by atoms with Crippen LogP contribution < -0.4 is 5.32 Å². The highest BCUT2D eigenvalue weighted by atomic mass is 79.9. The minimum atomic E-state index is -4.41. The number of carbonyl (C=O) groups is 1. The number of rotatable bonds is 3. The SMILES string of the molecule is CC(C(=O)Nc1cc(C(F)(F)F)ccc1Br)C1CC1. The number of hydrogen-bond donors (Lipinski definition) is 1. The van der Waals surface area contributed by atoms with E-state index in [1.165, 1.54) is 6.07 Å². The van der Waals surface area contributed by atoms with Crippen LogP contribution in [0.4, 0.5) is 18.9 Å². The summed E-state index contributed by atoms with van der Waals surface area (Å²) in [7, 11) is 0. The third-order valence-corrected chi connectivity index (χ3v) is 3.99. The summed E-state index contributed by atoms with van der Waals surface area (Å²) in [5.41, 5.74) is -0.614. The van der Waals surface area contributed by atoms with E-state index in [0.717, 1.165) is 25.0 Å². The molecule has 0 aliphatic heterocycles. The minimum absolute atomic E-state index is 0.160. The summed E-state index contributed by atoms with van der Waals surface area (Å²) < 4.78 is 38.3. The smallest absolute Gasteiger partial charge is 0.325 e. The fourth-order valence-electron chi connectivity index (χ4n) is 1.85. The Bertz CT molecular complexity index is 497. The number of benzene rings is 1. The molecule has 1 unspecified atom stereocenters. The molecule has 1 aromatic carbocycles. The quantitative estimate of drug-likeness (QED) is 0.868. The lowest BCUT2D eigenvalue weighted by Gasteiger charge is -2.14. The number of carbonyl (C=O) groups excluding carboxylic acids is 1. The minimum Gasteiger partial charge on any atom is -0.325 e. The van der Waals surface area contributed by atoms with Crippen LogP contribution in [-0.4, -0.2) is 5.91 Å². The van der Waals surface area contributed by atoms with Gasteiger partial charge in [0.15, 0.2) is 0 Å². The van der Waals surface area contributed by atoms with E-state index in [1.807, 2.05) is 0 Å². The lowest BCUT2D eigenvalue weighted by Crippen LogP contribution is -2.22. The average molecular weight is 336 g/mol. The fourth-order valence-corrected chi connectivity index (χ4v) is 2.20. The molecule has 1 aromatic rings. The molecule has 1 aliphatic rings. The highest BCUT2D eigenvalue weighted by Crippen LogP contribution is 2.38. The molecule has 1 fully saturated rings. The number of hydrogen-bond acceptors (Lipinski definition) is 1. The first-order valence-electron chi connectivity index (χ1n) is 5.96. The summed E-state index contributed by atoms with van der Waals surface area (Å²) in [5, 5.41) is 2.56. The van der Waals surface area contributed by atoms with Gasteiger partial charge in [-0.1, -0.05) is 6.92 Å². The molecule has 0 saturated heterocycles. The zero-order valence-corrected chi connectivity index (χ0v) is 11.8. The molecule has 104 valence electrons. The third-order valence-electron chi connectivity index (χ3n) is 3.29. The molecule has 6 heteroatoms. The Morgan fingerprint density at radius 3 is 2.58 bits per heavy atom. The van der Waals surface area contributed by atoms with Gasteiger partial charge >= 0.3 is 6.18 Å². The van der Waals surface area contributed by atoms with Gasteiger partial charge in [0.1, 0.15) is 0 Å². The summed E-state index contributed by atoms with van der Waals surface area (Å²) in [4.78, 5) is 11.9. The molecule has 0 radical (unpaired) electrons. The van der Waals surface area contributed by atoms with Gasteiger partial charge in [0, 0.05) is 10.4 Å². The fraction of sp³-hybridized carbons (Fsp3) is 0.462. The Balaban J connectivity index is 2.17. The van der Waals surface area contributed by atoms with E-state index in [1.54, 1.807) is 6.92 Å². The maximum atomic E-state index is 12.6. The van der Waals surface area contributed by atoms with Gasteiger partial charge in [0.05, 0.1) is 11.3 Å². The van der Waals surface area contributed by atoms with Crippen LogP contribution in [0.5, 0.6) is 0 Å². The van der Waals surface area contributed by atoms with Gasteiger partial charge in [0.25, 0.3) is 0 Å². The molecule has 0 bridgehead atoms. The summed E-state index contributed by atoms with van der Waals surface area (Å²) in [5.74, 6) is -0.0338. The van der Waals surface area contributed by atoms with Crippen molar-refractivity contribution in [3.05, 3.63) is 28.2 Å². The maximum absolute atomic E-state index is 12.6. The molecule has 0 aromatic heterocycles. The highest BCUT2D eigenvalue weighted by Gasteiger charge is 2.34. The highest BCUT2D eigenvalue weighted by molar-refractivity contribution is 9.10. The Labute approximate surface area is 117 Å². The molecule has 1 aliphatic carbocycles. The van der Waals surface area contributed by atoms with Crippen LogP contribution in [0.25, 0.3) is 0 Å². The molecule has 0 spiro atoms. The molecule has 1 N–H and O–H groups in total. The maximum Gasteiger partial charge on any atom is 0.416 e. The first-order chi connectivity index (χ1) is 8.79. The molecule has 2 nitrogen and oxygen atoms in total. The van der Waals surface area contributed by atoms with Crippen LogP contribution in [0.1, 0.15) is 25.3 Å². The van der Waals surface area contributed by atoms with Crippen molar-refractivity contribution in [2.45, 2.75) is 25.9 Å². The van der Waals surface area contributed by atoms with Gasteiger partial charge in [-0.15, -0.1) is 0 Å². The summed E-state index contributed by atoms with van der Waals surface area (Å²) in [6.45, 7) is 1.80. The second-order valence-electron chi connectivity index (χ2n) is 4.81. The van der Waals surface area contributed by atoms with Crippen molar-refractivity contribution in [2.24, 2.45) is 11.8 Å². The van der Waals surface area contributed by atoms with Crippen LogP contribution in [0.15, 0.2) is 22.7 Å². The molecular formula is C13H13BrF3NO. The van der Waals surface area contributed by atoms with Crippen molar-refractivity contribution in [2.75, 3.05) is 5.32 Å². The largest absolute Gasteiger partial charge is 0.416 e. The van der Waals surface area contributed by atoms with E-state index in [-0.39, 0.29) is 17.5 Å². The second kappa shape index (κ2) is 5.15. The van der Waals surface area contributed by atoms with Crippen molar-refractivity contribution in [1.82, 2.24) is 0 Å². The number of alkyl halides is 3. The first kappa shape index (κ1) is 14.4. The number of amides is 1. The van der Waals surface area contributed by atoms with E-state index in [0.29, 0.717) is 10.4 Å². The zero-order chi connectivity index (χ0) is 14.2. The van der Waals surface area contributed by atoms with E-state index in [2.05, 4.69) is 21.2 Å². The topological polar surface area (TPSA) is 29.1 Å². The number of halogens is 4. The predicted octanol–water partition coefficient (Wildman–Crippen LogP) is 4.45. The van der Waals surface area contributed by atoms with Gasteiger partial charge in [0.2, 0.25) is 5.91 Å². The molecule has 1 amide bonds. The Morgan fingerprint density at radius 1 is 1.42 bits per heavy atom. The molecule has 19 heavy (non-hydrogen) atoms. The number of nitrogens with one attached hydrogen (secondary N) is 1. The normalized spacial score (nSPS) is 17.1. The molecular weight excluding hydrogens is 323 g/mol. The van der Waals surface area contributed by atoms with Crippen LogP contribution in [-0.2, 0) is 11.0 Å². The van der Waals surface area contributed by atoms with Crippen LogP contribution >= 0.6 is 15.9 Å². The van der Waals surface area contributed by atoms with Gasteiger partial charge < -0.3 is 5.32 Å². The Hall–Kier alpha value is -1.04. The van der Waals surface area contributed by atoms with Gasteiger partial charge in [-0.25, -0.2) is 0 Å². The third kappa shape index (κ3) is 3.49. The van der Waals surface area contributed by atoms with Crippen molar-refractivity contribution >= 4 is 27.5 Å². The first-order valence-corrected chi connectivity index (χ1v) is 6.76.